The fourth-order valence-electron chi connectivity index (χ4n) is 1.76. The molecule has 0 amide bonds. The lowest BCUT2D eigenvalue weighted by Crippen LogP contribution is -2.42. The van der Waals surface area contributed by atoms with E-state index in [0.29, 0.717) is 13.1 Å². The molecule has 0 aliphatic heterocycles. The Bertz CT molecular complexity index is 374. The Hall–Kier alpha value is -0.590. The third-order valence-electron chi connectivity index (χ3n) is 2.78. The Morgan fingerprint density at radius 2 is 2.00 bits per heavy atom. The van der Waals surface area contributed by atoms with Crippen molar-refractivity contribution in [2.45, 2.75) is 39.5 Å². The monoisotopic (exact) mass is 294 g/mol. The van der Waals surface area contributed by atoms with Crippen LogP contribution in [0.4, 0.5) is 13.2 Å². The van der Waals surface area contributed by atoms with Crippen LogP contribution < -0.4 is 5.32 Å². The van der Waals surface area contributed by atoms with Crippen molar-refractivity contribution < 1.29 is 13.2 Å². The summed E-state index contributed by atoms with van der Waals surface area (Å²) in [5.41, 5.74) is 0. The highest BCUT2D eigenvalue weighted by Crippen LogP contribution is 2.18. The summed E-state index contributed by atoms with van der Waals surface area (Å²) in [6.07, 6.45) is -4.13. The number of nitrogens with zero attached hydrogens (tertiary/aromatic N) is 1. The van der Waals surface area contributed by atoms with E-state index in [2.05, 4.69) is 5.32 Å². The zero-order chi connectivity index (χ0) is 14.5. The Labute approximate surface area is 116 Å². The van der Waals surface area contributed by atoms with E-state index in [1.165, 1.54) is 14.7 Å². The largest absolute Gasteiger partial charge is 0.401 e. The number of hydrogen-bond acceptors (Lipinski definition) is 3. The quantitative estimate of drug-likeness (QED) is 0.775. The van der Waals surface area contributed by atoms with Gasteiger partial charge in [-0.05, 0) is 32.9 Å². The second kappa shape index (κ2) is 7.26. The molecule has 0 aliphatic rings. The minimum Gasteiger partial charge on any atom is -0.311 e. The highest BCUT2D eigenvalue weighted by atomic mass is 32.1. The first kappa shape index (κ1) is 16.5. The molecule has 110 valence electrons. The van der Waals surface area contributed by atoms with Gasteiger partial charge >= 0.3 is 6.18 Å². The van der Waals surface area contributed by atoms with Crippen molar-refractivity contribution in [1.82, 2.24) is 10.2 Å². The van der Waals surface area contributed by atoms with Crippen LogP contribution >= 0.6 is 11.3 Å². The number of halogens is 3. The first-order chi connectivity index (χ1) is 8.78. The highest BCUT2D eigenvalue weighted by Gasteiger charge is 2.31. The van der Waals surface area contributed by atoms with Crippen molar-refractivity contribution in [3.05, 3.63) is 21.9 Å². The van der Waals surface area contributed by atoms with Gasteiger partial charge in [-0.15, -0.1) is 11.3 Å². The molecular formula is C13H21F3N2S. The molecular weight excluding hydrogens is 273 g/mol. The summed E-state index contributed by atoms with van der Waals surface area (Å²) in [7, 11) is 0. The summed E-state index contributed by atoms with van der Waals surface area (Å²) in [5.74, 6) is 0. The van der Waals surface area contributed by atoms with E-state index in [9.17, 15) is 13.2 Å². The lowest BCUT2D eigenvalue weighted by molar-refractivity contribution is -0.149. The molecule has 1 aromatic rings. The van der Waals surface area contributed by atoms with Gasteiger partial charge in [-0.3, -0.25) is 4.90 Å². The predicted molar refractivity (Wildman–Crippen MR) is 73.5 cm³/mol. The van der Waals surface area contributed by atoms with Crippen LogP contribution in [-0.4, -0.2) is 36.8 Å². The third kappa shape index (κ3) is 6.94. The standard InChI is InChI=1S/C13H21F3N2S/c1-10(2)18(9-13(14,15)16)7-6-17-8-12-5-4-11(3)19-12/h4-5,10,17H,6-9H2,1-3H3. The van der Waals surface area contributed by atoms with Crippen LogP contribution in [0.2, 0.25) is 0 Å². The molecule has 19 heavy (non-hydrogen) atoms. The Morgan fingerprint density at radius 3 is 2.47 bits per heavy atom. The summed E-state index contributed by atoms with van der Waals surface area (Å²) in [4.78, 5) is 3.90. The second-order valence-electron chi connectivity index (χ2n) is 4.87. The van der Waals surface area contributed by atoms with E-state index in [4.69, 9.17) is 0 Å². The van der Waals surface area contributed by atoms with Crippen LogP contribution in [0.5, 0.6) is 0 Å². The van der Waals surface area contributed by atoms with Gasteiger partial charge in [0.2, 0.25) is 0 Å². The molecule has 6 heteroatoms. The summed E-state index contributed by atoms with van der Waals surface area (Å²) in [5, 5.41) is 3.19. The van der Waals surface area contributed by atoms with Gasteiger partial charge in [0.15, 0.2) is 0 Å². The van der Waals surface area contributed by atoms with Gasteiger partial charge in [-0.1, -0.05) is 0 Å². The van der Waals surface area contributed by atoms with Gasteiger partial charge in [0, 0.05) is 35.4 Å². The van der Waals surface area contributed by atoms with Crippen LogP contribution in [0.15, 0.2) is 12.1 Å². The van der Waals surface area contributed by atoms with E-state index >= 15 is 0 Å². The zero-order valence-electron chi connectivity index (χ0n) is 11.5. The second-order valence-corrected chi connectivity index (χ2v) is 6.24. The van der Waals surface area contributed by atoms with Crippen LogP contribution in [0.1, 0.15) is 23.6 Å². The molecule has 0 fully saturated rings. The van der Waals surface area contributed by atoms with Gasteiger partial charge in [0.1, 0.15) is 0 Å². The Morgan fingerprint density at radius 1 is 1.32 bits per heavy atom. The van der Waals surface area contributed by atoms with Crippen molar-refractivity contribution in [2.75, 3.05) is 19.6 Å². The van der Waals surface area contributed by atoms with E-state index in [0.717, 1.165) is 6.54 Å². The van der Waals surface area contributed by atoms with Gasteiger partial charge < -0.3 is 5.32 Å². The maximum absolute atomic E-state index is 12.4. The third-order valence-corrected chi connectivity index (χ3v) is 3.78. The molecule has 2 nitrogen and oxygen atoms in total. The summed E-state index contributed by atoms with van der Waals surface area (Å²) in [6, 6.07) is 3.99. The number of thiophene rings is 1. The molecule has 1 rings (SSSR count). The molecule has 0 saturated carbocycles. The predicted octanol–water partition coefficient (Wildman–Crippen LogP) is 3.42. The van der Waals surface area contributed by atoms with E-state index < -0.39 is 12.7 Å². The molecule has 0 aliphatic carbocycles. The average molecular weight is 294 g/mol. The molecule has 0 unspecified atom stereocenters. The molecule has 0 saturated heterocycles. The molecule has 1 aromatic heterocycles. The molecule has 0 bridgehead atoms. The van der Waals surface area contributed by atoms with Crippen molar-refractivity contribution >= 4 is 11.3 Å². The molecule has 1 heterocycles. The van der Waals surface area contributed by atoms with Crippen molar-refractivity contribution in [3.63, 3.8) is 0 Å². The van der Waals surface area contributed by atoms with Gasteiger partial charge in [-0.2, -0.15) is 13.2 Å². The lowest BCUT2D eigenvalue weighted by Gasteiger charge is -2.27. The minimum atomic E-state index is -4.13. The van der Waals surface area contributed by atoms with E-state index in [1.807, 2.05) is 19.1 Å². The maximum atomic E-state index is 12.4. The average Bonchev–Trinajstić information content (AvgIpc) is 2.67. The zero-order valence-corrected chi connectivity index (χ0v) is 12.4. The normalized spacial score (nSPS) is 12.6. The lowest BCUT2D eigenvalue weighted by atomic mass is 10.3. The first-order valence-electron chi connectivity index (χ1n) is 6.35. The molecule has 0 radical (unpaired) electrons. The summed E-state index contributed by atoms with van der Waals surface area (Å²) < 4.78 is 37.1. The number of aryl methyl sites for hydroxylation is 1. The van der Waals surface area contributed by atoms with Crippen LogP contribution in [0.3, 0.4) is 0 Å². The Balaban J connectivity index is 2.28. The van der Waals surface area contributed by atoms with Crippen LogP contribution in [0, 0.1) is 6.92 Å². The fourth-order valence-corrected chi connectivity index (χ4v) is 2.62. The topological polar surface area (TPSA) is 15.3 Å². The fraction of sp³-hybridized carbons (Fsp3) is 0.692. The van der Waals surface area contributed by atoms with E-state index in [1.54, 1.807) is 25.2 Å². The maximum Gasteiger partial charge on any atom is 0.401 e. The SMILES string of the molecule is Cc1ccc(CNCCN(CC(F)(F)F)C(C)C)s1. The molecule has 1 N–H and O–H groups in total. The number of hydrogen-bond donors (Lipinski definition) is 1. The molecule has 0 aromatic carbocycles. The van der Waals surface area contributed by atoms with Gasteiger partial charge in [0.05, 0.1) is 6.54 Å². The minimum absolute atomic E-state index is 0.104. The van der Waals surface area contributed by atoms with E-state index in [-0.39, 0.29) is 6.04 Å². The van der Waals surface area contributed by atoms with Crippen molar-refractivity contribution in [1.29, 1.82) is 0 Å². The Kier molecular flexibility index (Phi) is 6.29. The summed E-state index contributed by atoms with van der Waals surface area (Å²) in [6.45, 7) is 6.45. The van der Waals surface area contributed by atoms with Crippen LogP contribution in [0.25, 0.3) is 0 Å². The molecule has 0 spiro atoms. The van der Waals surface area contributed by atoms with Crippen molar-refractivity contribution in [2.24, 2.45) is 0 Å². The summed E-state index contributed by atoms with van der Waals surface area (Å²) >= 11 is 1.71. The number of alkyl halides is 3. The van der Waals surface area contributed by atoms with Gasteiger partial charge in [-0.25, -0.2) is 0 Å². The highest BCUT2D eigenvalue weighted by molar-refractivity contribution is 7.11. The number of nitrogens with one attached hydrogen (secondary N) is 1. The first-order valence-corrected chi connectivity index (χ1v) is 7.16. The molecule has 0 atom stereocenters. The van der Waals surface area contributed by atoms with Crippen molar-refractivity contribution in [3.8, 4) is 0 Å². The number of rotatable bonds is 7. The smallest absolute Gasteiger partial charge is 0.311 e. The van der Waals surface area contributed by atoms with Crippen LogP contribution in [-0.2, 0) is 6.54 Å². The van der Waals surface area contributed by atoms with Gasteiger partial charge in [0.25, 0.3) is 0 Å².